The topological polar surface area (TPSA) is 54.3 Å². The van der Waals surface area contributed by atoms with E-state index in [9.17, 15) is 4.79 Å². The van der Waals surface area contributed by atoms with Gasteiger partial charge >= 0.3 is 0 Å². The van der Waals surface area contributed by atoms with Crippen molar-refractivity contribution in [2.75, 3.05) is 31.1 Å². The summed E-state index contributed by atoms with van der Waals surface area (Å²) in [6.07, 6.45) is 3.71. The number of amides is 1. The maximum atomic E-state index is 13.2. The zero-order valence-corrected chi connectivity index (χ0v) is 21.3. The lowest BCUT2D eigenvalue weighted by Crippen LogP contribution is -2.49. The van der Waals surface area contributed by atoms with Crippen LogP contribution in [0.25, 0.3) is 27.8 Å². The van der Waals surface area contributed by atoms with Crippen LogP contribution in [-0.4, -0.2) is 51.5 Å². The smallest absolute Gasteiger partial charge is 0.254 e. The van der Waals surface area contributed by atoms with Crippen LogP contribution < -0.4 is 4.90 Å². The van der Waals surface area contributed by atoms with Crippen LogP contribution in [-0.2, 0) is 0 Å². The van der Waals surface area contributed by atoms with Crippen molar-refractivity contribution in [2.45, 2.75) is 6.92 Å². The van der Waals surface area contributed by atoms with Gasteiger partial charge in [0, 0.05) is 43.5 Å². The lowest BCUT2D eigenvalue weighted by molar-refractivity contribution is 0.0746. The number of carbonyl (C=O) groups is 1. The van der Waals surface area contributed by atoms with Gasteiger partial charge in [0.1, 0.15) is 12.1 Å². The molecule has 5 aromatic rings. The highest BCUT2D eigenvalue weighted by Gasteiger charge is 2.27. The first kappa shape index (κ1) is 23.3. The summed E-state index contributed by atoms with van der Waals surface area (Å²) in [6.45, 7) is 4.62. The van der Waals surface area contributed by atoms with Crippen molar-refractivity contribution in [1.29, 1.82) is 0 Å². The molecule has 3 aromatic carbocycles. The molecule has 0 bridgehead atoms. The Morgan fingerprint density at radius 2 is 1.54 bits per heavy atom. The normalized spacial score (nSPS) is 13.8. The van der Waals surface area contributed by atoms with Gasteiger partial charge in [0.25, 0.3) is 5.91 Å². The fraction of sp³-hybridized carbons (Fsp3) is 0.167. The summed E-state index contributed by atoms with van der Waals surface area (Å²) in [4.78, 5) is 26.8. The Kier molecular flexibility index (Phi) is 6.10. The van der Waals surface area contributed by atoms with E-state index in [4.69, 9.17) is 21.6 Å². The number of piperazine rings is 1. The molecule has 2 aromatic heterocycles. The molecule has 1 amide bonds. The number of rotatable bonds is 4. The van der Waals surface area contributed by atoms with Crippen LogP contribution >= 0.6 is 11.6 Å². The number of para-hydroxylation sites is 1. The zero-order chi connectivity index (χ0) is 25.4. The molecule has 1 aliphatic rings. The highest BCUT2D eigenvalue weighted by atomic mass is 35.5. The Morgan fingerprint density at radius 1 is 0.838 bits per heavy atom. The highest BCUT2D eigenvalue weighted by molar-refractivity contribution is 6.32. The van der Waals surface area contributed by atoms with Crippen molar-refractivity contribution in [3.8, 4) is 16.8 Å². The third kappa shape index (κ3) is 4.23. The monoisotopic (exact) mass is 507 g/mol. The van der Waals surface area contributed by atoms with E-state index >= 15 is 0 Å². The maximum absolute atomic E-state index is 13.2. The van der Waals surface area contributed by atoms with Gasteiger partial charge in [0.15, 0.2) is 5.65 Å². The summed E-state index contributed by atoms with van der Waals surface area (Å²) in [7, 11) is 0. The molecule has 0 atom stereocenters. The Bertz CT molecular complexity index is 1590. The highest BCUT2D eigenvalue weighted by Crippen LogP contribution is 2.38. The molecular weight excluding hydrogens is 482 g/mol. The van der Waals surface area contributed by atoms with Crippen LogP contribution in [0.15, 0.2) is 91.4 Å². The van der Waals surface area contributed by atoms with Gasteiger partial charge in [-0.15, -0.1) is 0 Å². The molecule has 0 unspecified atom stereocenters. The first-order chi connectivity index (χ1) is 18.1. The van der Waals surface area contributed by atoms with Crippen molar-refractivity contribution >= 4 is 34.4 Å². The number of hydrogen-bond donors (Lipinski definition) is 0. The average Bonchev–Trinajstić information content (AvgIpc) is 3.34. The van der Waals surface area contributed by atoms with E-state index < -0.39 is 0 Å². The Hall–Kier alpha value is -4.16. The van der Waals surface area contributed by atoms with Crippen molar-refractivity contribution in [2.24, 2.45) is 0 Å². The molecule has 1 aliphatic heterocycles. The van der Waals surface area contributed by atoms with E-state index in [1.54, 1.807) is 6.33 Å². The largest absolute Gasteiger partial charge is 0.352 e. The van der Waals surface area contributed by atoms with Crippen molar-refractivity contribution in [3.63, 3.8) is 0 Å². The van der Waals surface area contributed by atoms with E-state index in [0.29, 0.717) is 31.2 Å². The zero-order valence-electron chi connectivity index (χ0n) is 20.5. The van der Waals surface area contributed by atoms with Crippen LogP contribution in [0.2, 0.25) is 5.02 Å². The number of aryl methyl sites for hydroxylation is 1. The third-order valence-electron chi connectivity index (χ3n) is 7.00. The van der Waals surface area contributed by atoms with E-state index in [-0.39, 0.29) is 5.91 Å². The van der Waals surface area contributed by atoms with Crippen LogP contribution in [0.3, 0.4) is 0 Å². The molecule has 0 saturated carbocycles. The van der Waals surface area contributed by atoms with Gasteiger partial charge in [-0.25, -0.2) is 9.97 Å². The van der Waals surface area contributed by atoms with Gasteiger partial charge in [0.2, 0.25) is 0 Å². The van der Waals surface area contributed by atoms with Crippen molar-refractivity contribution in [1.82, 2.24) is 19.4 Å². The standard InChI is InChI=1S/C30H26ClN5O/c1-21-9-5-6-12-23(21)30(37)35-17-15-34(16-18-35)28-27-24(22-10-3-2-4-11-22)19-36(29(27)33-20-32-28)26-14-8-7-13-25(26)31/h2-14,19-20H,15-18H2,1H3. The Balaban J connectivity index is 1.39. The molecule has 6 rings (SSSR count). The van der Waals surface area contributed by atoms with Crippen LogP contribution in [0.1, 0.15) is 15.9 Å². The van der Waals surface area contributed by atoms with Crippen LogP contribution in [0.5, 0.6) is 0 Å². The number of carbonyl (C=O) groups excluding carboxylic acids is 1. The fourth-order valence-electron chi connectivity index (χ4n) is 5.06. The molecular formula is C30H26ClN5O. The first-order valence-electron chi connectivity index (χ1n) is 12.4. The number of halogens is 1. The minimum Gasteiger partial charge on any atom is -0.352 e. The molecule has 7 heteroatoms. The van der Waals surface area contributed by atoms with E-state index in [1.807, 2.05) is 83.1 Å². The summed E-state index contributed by atoms with van der Waals surface area (Å²) in [5.41, 5.74) is 5.57. The summed E-state index contributed by atoms with van der Waals surface area (Å²) in [5, 5.41) is 1.63. The fourth-order valence-corrected chi connectivity index (χ4v) is 5.28. The number of fused-ring (bicyclic) bond motifs is 1. The second-order valence-corrected chi connectivity index (χ2v) is 9.63. The first-order valence-corrected chi connectivity index (χ1v) is 12.8. The molecule has 0 spiro atoms. The molecule has 1 saturated heterocycles. The van der Waals surface area contributed by atoms with Crippen molar-refractivity contribution in [3.05, 3.63) is 108 Å². The predicted octanol–water partition coefficient (Wildman–Crippen LogP) is 6.01. The number of benzene rings is 3. The number of anilines is 1. The summed E-state index contributed by atoms with van der Waals surface area (Å²) < 4.78 is 2.04. The number of hydrogen-bond acceptors (Lipinski definition) is 4. The summed E-state index contributed by atoms with van der Waals surface area (Å²) >= 11 is 6.60. The Morgan fingerprint density at radius 3 is 2.30 bits per heavy atom. The van der Waals surface area contributed by atoms with Crippen molar-refractivity contribution < 1.29 is 4.79 Å². The van der Waals surface area contributed by atoms with Gasteiger partial charge in [-0.05, 0) is 36.2 Å². The Labute approximate surface area is 220 Å². The quantitative estimate of drug-likeness (QED) is 0.299. The lowest BCUT2D eigenvalue weighted by Gasteiger charge is -2.36. The molecule has 1 fully saturated rings. The van der Waals surface area contributed by atoms with Gasteiger partial charge < -0.3 is 9.80 Å². The lowest BCUT2D eigenvalue weighted by atomic mass is 10.1. The van der Waals surface area contributed by atoms with Gasteiger partial charge in [-0.2, -0.15) is 0 Å². The van der Waals surface area contributed by atoms with Crippen LogP contribution in [0, 0.1) is 6.92 Å². The maximum Gasteiger partial charge on any atom is 0.254 e. The molecule has 0 radical (unpaired) electrons. The predicted molar refractivity (Wildman–Crippen MR) is 149 cm³/mol. The number of nitrogens with zero attached hydrogens (tertiary/aromatic N) is 5. The molecule has 6 nitrogen and oxygen atoms in total. The average molecular weight is 508 g/mol. The number of aromatic nitrogens is 3. The summed E-state index contributed by atoms with van der Waals surface area (Å²) in [5.74, 6) is 0.957. The molecule has 37 heavy (non-hydrogen) atoms. The van der Waals surface area contributed by atoms with E-state index in [1.165, 1.54) is 0 Å². The SMILES string of the molecule is Cc1ccccc1C(=O)N1CCN(c2ncnc3c2c(-c2ccccc2)cn3-c2ccccc2Cl)CC1. The molecule has 3 heterocycles. The van der Waals surface area contributed by atoms with Gasteiger partial charge in [0.05, 0.1) is 16.1 Å². The van der Waals surface area contributed by atoms with E-state index in [2.05, 4.69) is 23.2 Å². The van der Waals surface area contributed by atoms with Gasteiger partial charge in [-0.3, -0.25) is 9.36 Å². The van der Waals surface area contributed by atoms with Crippen LogP contribution in [0.4, 0.5) is 5.82 Å². The summed E-state index contributed by atoms with van der Waals surface area (Å²) in [6, 6.07) is 25.8. The minimum absolute atomic E-state index is 0.0837. The molecule has 0 N–H and O–H groups in total. The van der Waals surface area contributed by atoms with E-state index in [0.717, 1.165) is 44.8 Å². The minimum atomic E-state index is 0.0837. The second-order valence-electron chi connectivity index (χ2n) is 9.22. The third-order valence-corrected chi connectivity index (χ3v) is 7.32. The molecule has 184 valence electrons. The molecule has 0 aliphatic carbocycles. The van der Waals surface area contributed by atoms with Gasteiger partial charge in [-0.1, -0.05) is 72.3 Å². The second kappa shape index (κ2) is 9.71.